The van der Waals surface area contributed by atoms with E-state index in [9.17, 15) is 0 Å². The standard InChI is InChI=1S/C23H32N6O2/c1-15(2)30-20-9-17(10-21(11-20)31-16(3)4)14-29-7-5-19(6-8-29)27-23-26-13-18(12-24)22(25)28-23/h9-11,13,15-16,19H,5-8,14H2,1-4H3,(H3,25,26,27,28). The van der Waals surface area contributed by atoms with E-state index in [1.54, 1.807) is 0 Å². The highest BCUT2D eigenvalue weighted by atomic mass is 16.5. The van der Waals surface area contributed by atoms with Crippen LogP contribution >= 0.6 is 0 Å². The molecule has 0 unspecified atom stereocenters. The van der Waals surface area contributed by atoms with Crippen molar-refractivity contribution in [3.8, 4) is 17.6 Å². The Morgan fingerprint density at radius 1 is 1.13 bits per heavy atom. The number of piperidine rings is 1. The monoisotopic (exact) mass is 424 g/mol. The minimum atomic E-state index is 0.113. The number of rotatable bonds is 8. The van der Waals surface area contributed by atoms with Crippen LogP contribution in [0.15, 0.2) is 24.4 Å². The Morgan fingerprint density at radius 2 is 1.74 bits per heavy atom. The smallest absolute Gasteiger partial charge is 0.224 e. The minimum Gasteiger partial charge on any atom is -0.491 e. The van der Waals surface area contributed by atoms with Crippen molar-refractivity contribution in [1.29, 1.82) is 5.26 Å². The molecule has 8 nitrogen and oxygen atoms in total. The molecule has 1 fully saturated rings. The number of nitrogen functional groups attached to an aromatic ring is 1. The molecule has 0 amide bonds. The number of benzene rings is 1. The van der Waals surface area contributed by atoms with Crippen LogP contribution in [-0.4, -0.2) is 46.2 Å². The van der Waals surface area contributed by atoms with Gasteiger partial charge < -0.3 is 20.5 Å². The predicted molar refractivity (Wildman–Crippen MR) is 121 cm³/mol. The fraction of sp³-hybridized carbons (Fsp3) is 0.522. The molecular weight excluding hydrogens is 392 g/mol. The lowest BCUT2D eigenvalue weighted by Gasteiger charge is -2.32. The number of likely N-dealkylation sites (tertiary alicyclic amines) is 1. The third-order valence-corrected chi connectivity index (χ3v) is 4.95. The number of nitrogens with two attached hydrogens (primary N) is 1. The Labute approximate surface area is 184 Å². The molecule has 1 aliphatic rings. The number of nitriles is 1. The summed E-state index contributed by atoms with van der Waals surface area (Å²) in [4.78, 5) is 10.8. The maximum absolute atomic E-state index is 8.95. The lowest BCUT2D eigenvalue weighted by atomic mass is 10.0. The summed E-state index contributed by atoms with van der Waals surface area (Å²) >= 11 is 0. The van der Waals surface area contributed by atoms with Crippen LogP contribution in [0.5, 0.6) is 11.5 Å². The minimum absolute atomic E-state index is 0.113. The molecule has 0 aliphatic carbocycles. The van der Waals surface area contributed by atoms with Gasteiger partial charge in [0.15, 0.2) is 0 Å². The quantitative estimate of drug-likeness (QED) is 0.662. The Bertz CT molecular complexity index is 889. The van der Waals surface area contributed by atoms with E-state index in [1.165, 1.54) is 11.8 Å². The molecule has 1 aromatic carbocycles. The van der Waals surface area contributed by atoms with Gasteiger partial charge in [0.05, 0.1) is 18.4 Å². The van der Waals surface area contributed by atoms with Gasteiger partial charge in [-0.25, -0.2) is 4.98 Å². The first-order valence-electron chi connectivity index (χ1n) is 10.8. The summed E-state index contributed by atoms with van der Waals surface area (Å²) < 4.78 is 11.8. The Kier molecular flexibility index (Phi) is 7.53. The summed E-state index contributed by atoms with van der Waals surface area (Å²) in [5, 5.41) is 12.3. The van der Waals surface area contributed by atoms with Gasteiger partial charge in [-0.15, -0.1) is 0 Å². The topological polar surface area (TPSA) is 109 Å². The van der Waals surface area contributed by atoms with Gasteiger partial charge in [0.2, 0.25) is 5.95 Å². The van der Waals surface area contributed by atoms with Gasteiger partial charge in [-0.2, -0.15) is 10.2 Å². The second-order valence-corrected chi connectivity index (χ2v) is 8.44. The normalized spacial score (nSPS) is 15.1. The summed E-state index contributed by atoms with van der Waals surface area (Å²) in [6, 6.07) is 8.42. The summed E-state index contributed by atoms with van der Waals surface area (Å²) in [5.41, 5.74) is 7.27. The molecule has 3 N–H and O–H groups in total. The van der Waals surface area contributed by atoms with Crippen LogP contribution in [-0.2, 0) is 6.54 Å². The van der Waals surface area contributed by atoms with E-state index in [-0.39, 0.29) is 24.1 Å². The second kappa shape index (κ2) is 10.3. The lowest BCUT2D eigenvalue weighted by Crippen LogP contribution is -2.39. The molecule has 2 heterocycles. The van der Waals surface area contributed by atoms with Crippen molar-refractivity contribution in [2.24, 2.45) is 0 Å². The first-order valence-corrected chi connectivity index (χ1v) is 10.8. The fourth-order valence-corrected chi connectivity index (χ4v) is 3.63. The largest absolute Gasteiger partial charge is 0.491 e. The average Bonchev–Trinajstić information content (AvgIpc) is 2.68. The van der Waals surface area contributed by atoms with Crippen LogP contribution in [0.25, 0.3) is 0 Å². The zero-order valence-corrected chi connectivity index (χ0v) is 18.8. The fourth-order valence-electron chi connectivity index (χ4n) is 3.63. The molecule has 1 aliphatic heterocycles. The molecule has 0 saturated carbocycles. The SMILES string of the molecule is CC(C)Oc1cc(CN2CCC(Nc3ncc(C#N)c(N)n3)CC2)cc(OC(C)C)c1. The number of aromatic nitrogens is 2. The van der Waals surface area contributed by atoms with Crippen LogP contribution in [0.2, 0.25) is 0 Å². The first-order chi connectivity index (χ1) is 14.8. The zero-order chi connectivity index (χ0) is 22.4. The van der Waals surface area contributed by atoms with Gasteiger partial charge in [-0.3, -0.25) is 4.90 Å². The molecule has 1 aromatic heterocycles. The first kappa shape index (κ1) is 22.6. The molecule has 3 rings (SSSR count). The van der Waals surface area contributed by atoms with Crippen LogP contribution < -0.4 is 20.5 Å². The molecular formula is C23H32N6O2. The van der Waals surface area contributed by atoms with Crippen LogP contribution in [0, 0.1) is 11.3 Å². The average molecular weight is 425 g/mol. The van der Waals surface area contributed by atoms with Gasteiger partial charge in [0.25, 0.3) is 0 Å². The molecule has 0 radical (unpaired) electrons. The van der Waals surface area contributed by atoms with Crippen molar-refractivity contribution in [3.05, 3.63) is 35.5 Å². The zero-order valence-electron chi connectivity index (χ0n) is 18.8. The van der Waals surface area contributed by atoms with E-state index in [0.29, 0.717) is 11.5 Å². The number of anilines is 2. The second-order valence-electron chi connectivity index (χ2n) is 8.44. The molecule has 2 aromatic rings. The summed E-state index contributed by atoms with van der Waals surface area (Å²) in [5.74, 6) is 2.37. The third kappa shape index (κ3) is 6.72. The third-order valence-electron chi connectivity index (χ3n) is 4.95. The maximum Gasteiger partial charge on any atom is 0.224 e. The van der Waals surface area contributed by atoms with Crippen LogP contribution in [0.4, 0.5) is 11.8 Å². The molecule has 0 bridgehead atoms. The van der Waals surface area contributed by atoms with Crippen molar-refractivity contribution >= 4 is 11.8 Å². The number of hydrogen-bond acceptors (Lipinski definition) is 8. The highest BCUT2D eigenvalue weighted by molar-refractivity contribution is 5.49. The van der Waals surface area contributed by atoms with E-state index in [0.717, 1.165) is 44.0 Å². The molecule has 0 atom stereocenters. The highest BCUT2D eigenvalue weighted by Crippen LogP contribution is 2.27. The summed E-state index contributed by atoms with van der Waals surface area (Å²) in [6.07, 6.45) is 3.63. The summed E-state index contributed by atoms with van der Waals surface area (Å²) in [7, 11) is 0. The van der Waals surface area contributed by atoms with Gasteiger partial charge in [0.1, 0.15) is 28.9 Å². The number of nitrogens with one attached hydrogen (secondary N) is 1. The van der Waals surface area contributed by atoms with Crippen LogP contribution in [0.3, 0.4) is 0 Å². The molecule has 1 saturated heterocycles. The predicted octanol–water partition coefficient (Wildman–Crippen LogP) is 3.58. The Morgan fingerprint density at radius 3 is 2.26 bits per heavy atom. The van der Waals surface area contributed by atoms with Gasteiger partial charge in [-0.05, 0) is 58.2 Å². The number of hydrogen-bond donors (Lipinski definition) is 2. The number of nitrogens with zero attached hydrogens (tertiary/aromatic N) is 4. The van der Waals surface area contributed by atoms with Crippen LogP contribution in [0.1, 0.15) is 51.7 Å². The van der Waals surface area contributed by atoms with Gasteiger partial charge in [0, 0.05) is 31.7 Å². The molecule has 31 heavy (non-hydrogen) atoms. The van der Waals surface area contributed by atoms with Crippen molar-refractivity contribution < 1.29 is 9.47 Å². The lowest BCUT2D eigenvalue weighted by molar-refractivity contribution is 0.207. The van der Waals surface area contributed by atoms with Crippen molar-refractivity contribution in [2.75, 3.05) is 24.1 Å². The molecule has 166 valence electrons. The van der Waals surface area contributed by atoms with E-state index >= 15 is 0 Å². The van der Waals surface area contributed by atoms with E-state index in [4.69, 9.17) is 20.5 Å². The van der Waals surface area contributed by atoms with E-state index in [1.807, 2.05) is 39.8 Å². The Hall–Kier alpha value is -3.05. The summed E-state index contributed by atoms with van der Waals surface area (Å²) in [6.45, 7) is 10.9. The van der Waals surface area contributed by atoms with Gasteiger partial charge >= 0.3 is 0 Å². The van der Waals surface area contributed by atoms with Crippen molar-refractivity contribution in [1.82, 2.24) is 14.9 Å². The van der Waals surface area contributed by atoms with Crippen molar-refractivity contribution in [3.63, 3.8) is 0 Å². The van der Waals surface area contributed by atoms with E-state index in [2.05, 4.69) is 32.3 Å². The molecule has 8 heteroatoms. The Balaban J connectivity index is 1.58. The maximum atomic E-state index is 8.95. The van der Waals surface area contributed by atoms with Crippen molar-refractivity contribution in [2.45, 2.75) is 65.3 Å². The highest BCUT2D eigenvalue weighted by Gasteiger charge is 2.21. The van der Waals surface area contributed by atoms with E-state index < -0.39 is 0 Å². The molecule has 0 spiro atoms. The number of ether oxygens (including phenoxy) is 2. The van der Waals surface area contributed by atoms with Gasteiger partial charge in [-0.1, -0.05) is 0 Å².